The van der Waals surface area contributed by atoms with E-state index in [1.807, 2.05) is 43.3 Å². The van der Waals surface area contributed by atoms with Crippen LogP contribution in [0.2, 0.25) is 10.0 Å². The first-order chi connectivity index (χ1) is 10.4. The van der Waals surface area contributed by atoms with Crippen LogP contribution in [-0.2, 0) is 5.41 Å². The molecule has 0 aliphatic rings. The Morgan fingerprint density at radius 1 is 1.00 bits per heavy atom. The lowest BCUT2D eigenvalue weighted by Crippen LogP contribution is -2.19. The van der Waals surface area contributed by atoms with Crippen molar-refractivity contribution in [3.63, 3.8) is 0 Å². The van der Waals surface area contributed by atoms with E-state index in [0.29, 0.717) is 22.4 Å². The zero-order valence-corrected chi connectivity index (χ0v) is 14.6. The average molecular weight is 338 g/mol. The summed E-state index contributed by atoms with van der Waals surface area (Å²) in [5.74, 6) is 0.557. The van der Waals surface area contributed by atoms with E-state index < -0.39 is 0 Å². The largest absolute Gasteiger partial charge is 0.490 e. The van der Waals surface area contributed by atoms with Gasteiger partial charge in [0.2, 0.25) is 0 Å². The molecule has 0 aromatic heterocycles. The molecular formula is C18H21Cl2NO. The SMILES string of the molecule is CCCOc1c(Cl)cc(C(C)(C)c2ccc(N)cc2)cc1Cl. The maximum absolute atomic E-state index is 6.36. The summed E-state index contributed by atoms with van der Waals surface area (Å²) in [6, 6.07) is 11.7. The quantitative estimate of drug-likeness (QED) is 0.711. The van der Waals surface area contributed by atoms with Crippen molar-refractivity contribution < 1.29 is 4.74 Å². The summed E-state index contributed by atoms with van der Waals surface area (Å²) in [6.45, 7) is 6.90. The van der Waals surface area contributed by atoms with Gasteiger partial charge in [0.15, 0.2) is 5.75 Å². The number of ether oxygens (including phenoxy) is 1. The van der Waals surface area contributed by atoms with E-state index >= 15 is 0 Å². The minimum absolute atomic E-state index is 0.232. The van der Waals surface area contributed by atoms with Crippen LogP contribution < -0.4 is 10.5 Å². The highest BCUT2D eigenvalue weighted by molar-refractivity contribution is 6.37. The van der Waals surface area contributed by atoms with E-state index in [1.54, 1.807) is 0 Å². The van der Waals surface area contributed by atoms with Gasteiger partial charge in [-0.2, -0.15) is 0 Å². The normalized spacial score (nSPS) is 11.5. The lowest BCUT2D eigenvalue weighted by atomic mass is 9.78. The van der Waals surface area contributed by atoms with Crippen LogP contribution in [0.3, 0.4) is 0 Å². The van der Waals surface area contributed by atoms with Crippen LogP contribution in [0.25, 0.3) is 0 Å². The fraction of sp³-hybridized carbons (Fsp3) is 0.333. The molecule has 0 heterocycles. The average Bonchev–Trinajstić information content (AvgIpc) is 2.46. The predicted octanol–water partition coefficient (Wildman–Crippen LogP) is 5.69. The molecule has 0 amide bonds. The Morgan fingerprint density at radius 3 is 2.05 bits per heavy atom. The van der Waals surface area contributed by atoms with Crippen molar-refractivity contribution in [2.45, 2.75) is 32.6 Å². The number of rotatable bonds is 5. The Bertz CT molecular complexity index is 628. The number of benzene rings is 2. The molecule has 0 radical (unpaired) electrons. The Labute approximate surface area is 142 Å². The summed E-state index contributed by atoms with van der Waals surface area (Å²) >= 11 is 12.7. The number of nitrogens with two attached hydrogens (primary N) is 1. The van der Waals surface area contributed by atoms with Crippen molar-refractivity contribution in [2.75, 3.05) is 12.3 Å². The summed E-state index contributed by atoms with van der Waals surface area (Å²) in [6.07, 6.45) is 0.908. The third kappa shape index (κ3) is 3.50. The molecule has 2 aromatic carbocycles. The van der Waals surface area contributed by atoms with Gasteiger partial charge in [-0.05, 0) is 41.8 Å². The van der Waals surface area contributed by atoms with Crippen LogP contribution in [0.4, 0.5) is 5.69 Å². The van der Waals surface area contributed by atoms with E-state index in [-0.39, 0.29) is 5.41 Å². The second-order valence-corrected chi connectivity index (χ2v) is 6.68. The Kier molecular flexibility index (Phi) is 5.25. The van der Waals surface area contributed by atoms with E-state index in [4.69, 9.17) is 33.7 Å². The summed E-state index contributed by atoms with van der Waals surface area (Å²) in [5, 5.41) is 1.08. The van der Waals surface area contributed by atoms with Gasteiger partial charge in [-0.3, -0.25) is 0 Å². The van der Waals surface area contributed by atoms with Crippen molar-refractivity contribution >= 4 is 28.9 Å². The minimum Gasteiger partial charge on any atom is -0.490 e. The van der Waals surface area contributed by atoms with E-state index in [2.05, 4.69) is 13.8 Å². The first-order valence-electron chi connectivity index (χ1n) is 7.34. The number of halogens is 2. The number of hydrogen-bond acceptors (Lipinski definition) is 2. The van der Waals surface area contributed by atoms with Crippen LogP contribution in [0.1, 0.15) is 38.3 Å². The van der Waals surface area contributed by atoms with Crippen LogP contribution in [-0.4, -0.2) is 6.61 Å². The fourth-order valence-corrected chi connectivity index (χ4v) is 2.93. The highest BCUT2D eigenvalue weighted by Gasteiger charge is 2.25. The molecule has 0 fully saturated rings. The van der Waals surface area contributed by atoms with E-state index in [9.17, 15) is 0 Å². The minimum atomic E-state index is -0.232. The molecular weight excluding hydrogens is 317 g/mol. The molecule has 0 saturated heterocycles. The zero-order chi connectivity index (χ0) is 16.3. The number of anilines is 1. The monoisotopic (exact) mass is 337 g/mol. The smallest absolute Gasteiger partial charge is 0.156 e. The molecule has 0 aliphatic carbocycles. The van der Waals surface area contributed by atoms with Gasteiger partial charge in [0.25, 0.3) is 0 Å². The van der Waals surface area contributed by atoms with Gasteiger partial charge in [-0.1, -0.05) is 56.1 Å². The third-order valence-corrected chi connectivity index (χ3v) is 4.36. The molecule has 118 valence electrons. The van der Waals surface area contributed by atoms with Crippen molar-refractivity contribution in [3.05, 3.63) is 57.6 Å². The molecule has 2 N–H and O–H groups in total. The van der Waals surface area contributed by atoms with Crippen molar-refractivity contribution in [3.8, 4) is 5.75 Å². The predicted molar refractivity (Wildman–Crippen MR) is 95.2 cm³/mol. The zero-order valence-electron chi connectivity index (χ0n) is 13.1. The first-order valence-corrected chi connectivity index (χ1v) is 8.10. The number of nitrogen functional groups attached to an aromatic ring is 1. The van der Waals surface area contributed by atoms with Gasteiger partial charge >= 0.3 is 0 Å². The summed E-state index contributed by atoms with van der Waals surface area (Å²) < 4.78 is 5.63. The molecule has 0 atom stereocenters. The molecule has 0 bridgehead atoms. The molecule has 2 aromatic rings. The van der Waals surface area contributed by atoms with Gasteiger partial charge in [0.1, 0.15) is 0 Å². The van der Waals surface area contributed by atoms with Crippen LogP contribution >= 0.6 is 23.2 Å². The van der Waals surface area contributed by atoms with Gasteiger partial charge < -0.3 is 10.5 Å². The lowest BCUT2D eigenvalue weighted by Gasteiger charge is -2.27. The van der Waals surface area contributed by atoms with E-state index in [0.717, 1.165) is 23.2 Å². The summed E-state index contributed by atoms with van der Waals surface area (Å²) in [4.78, 5) is 0. The van der Waals surface area contributed by atoms with Crippen molar-refractivity contribution in [1.29, 1.82) is 0 Å². The van der Waals surface area contributed by atoms with Gasteiger partial charge in [-0.15, -0.1) is 0 Å². The Hall–Kier alpha value is -1.38. The van der Waals surface area contributed by atoms with Crippen molar-refractivity contribution in [1.82, 2.24) is 0 Å². The Morgan fingerprint density at radius 2 is 1.55 bits per heavy atom. The van der Waals surface area contributed by atoms with Gasteiger partial charge in [-0.25, -0.2) is 0 Å². The summed E-state index contributed by atoms with van der Waals surface area (Å²) in [7, 11) is 0. The maximum Gasteiger partial charge on any atom is 0.156 e. The molecule has 4 heteroatoms. The molecule has 0 saturated carbocycles. The molecule has 0 aliphatic heterocycles. The lowest BCUT2D eigenvalue weighted by molar-refractivity contribution is 0.317. The highest BCUT2D eigenvalue weighted by atomic mass is 35.5. The molecule has 22 heavy (non-hydrogen) atoms. The number of hydrogen-bond donors (Lipinski definition) is 1. The van der Waals surface area contributed by atoms with Crippen molar-refractivity contribution in [2.24, 2.45) is 0 Å². The van der Waals surface area contributed by atoms with Crippen LogP contribution in [0.5, 0.6) is 5.75 Å². The fourth-order valence-electron chi connectivity index (χ4n) is 2.33. The van der Waals surface area contributed by atoms with Crippen LogP contribution in [0, 0.1) is 0 Å². The molecule has 0 spiro atoms. The van der Waals surface area contributed by atoms with Gasteiger partial charge in [0.05, 0.1) is 16.7 Å². The molecule has 2 nitrogen and oxygen atoms in total. The highest BCUT2D eigenvalue weighted by Crippen LogP contribution is 2.40. The third-order valence-electron chi connectivity index (χ3n) is 3.80. The Balaban J connectivity index is 2.41. The second-order valence-electron chi connectivity index (χ2n) is 5.86. The van der Waals surface area contributed by atoms with Crippen LogP contribution in [0.15, 0.2) is 36.4 Å². The first kappa shape index (κ1) is 17.0. The summed E-state index contributed by atoms with van der Waals surface area (Å²) in [5.41, 5.74) is 8.47. The maximum atomic E-state index is 6.36. The van der Waals surface area contributed by atoms with E-state index in [1.165, 1.54) is 0 Å². The standard InChI is InChI=1S/C18H21Cl2NO/c1-4-9-22-17-15(19)10-13(11-16(17)20)18(2,3)12-5-7-14(21)8-6-12/h5-8,10-11H,4,9,21H2,1-3H3. The molecule has 0 unspecified atom stereocenters. The molecule has 2 rings (SSSR count). The van der Waals surface area contributed by atoms with Gasteiger partial charge in [0, 0.05) is 11.1 Å². The second kappa shape index (κ2) is 6.80. The topological polar surface area (TPSA) is 35.2 Å².